The molecule has 0 radical (unpaired) electrons. The topological polar surface area (TPSA) is 71.3 Å². The van der Waals surface area contributed by atoms with Gasteiger partial charge in [0, 0.05) is 10.9 Å². The molecule has 0 saturated carbocycles. The van der Waals surface area contributed by atoms with Crippen molar-refractivity contribution < 1.29 is 14.0 Å². The Kier molecular flexibility index (Phi) is 5.12. The smallest absolute Gasteiger partial charge is 0.305 e. The van der Waals surface area contributed by atoms with E-state index in [-0.39, 0.29) is 18.1 Å². The van der Waals surface area contributed by atoms with E-state index >= 15 is 0 Å². The van der Waals surface area contributed by atoms with E-state index in [1.807, 2.05) is 79.7 Å². The van der Waals surface area contributed by atoms with E-state index in [2.05, 4.69) is 10.9 Å². The first kappa shape index (κ1) is 18.5. The maximum atomic E-state index is 12.4. The summed E-state index contributed by atoms with van der Waals surface area (Å²) in [5.41, 5.74) is 9.32. The fourth-order valence-electron chi connectivity index (χ4n) is 3.25. The molecule has 5 nitrogen and oxygen atoms in total. The number of rotatable bonds is 4. The van der Waals surface area contributed by atoms with Crippen LogP contribution in [0.2, 0.25) is 0 Å². The summed E-state index contributed by atoms with van der Waals surface area (Å²) in [5, 5.41) is 0.877. The second kappa shape index (κ2) is 8.02. The van der Waals surface area contributed by atoms with Crippen LogP contribution in [0.3, 0.4) is 0 Å². The number of carbonyl (C=O) groups is 2. The Morgan fingerprint density at radius 3 is 2.17 bits per heavy atom. The maximum absolute atomic E-state index is 12.4. The summed E-state index contributed by atoms with van der Waals surface area (Å²) in [4.78, 5) is 24.6. The molecule has 0 aliphatic rings. The fraction of sp³-hybridized carbons (Fsp3) is 0.0833. The van der Waals surface area contributed by atoms with E-state index < -0.39 is 5.91 Å². The van der Waals surface area contributed by atoms with Gasteiger partial charge in [-0.2, -0.15) is 0 Å². The lowest BCUT2D eigenvalue weighted by atomic mass is 10.0. The molecule has 0 aliphatic heterocycles. The SMILES string of the molecule is Cc1c(C(=O)NNC(=O)Cc2ccc(-c3ccccc3)cc2)oc2ccccc12. The highest BCUT2D eigenvalue weighted by atomic mass is 16.3. The molecule has 0 bridgehead atoms. The van der Waals surface area contributed by atoms with Crippen LogP contribution in [0.5, 0.6) is 0 Å². The molecule has 4 rings (SSSR count). The van der Waals surface area contributed by atoms with E-state index in [4.69, 9.17) is 4.42 Å². The van der Waals surface area contributed by atoms with Crippen molar-refractivity contribution in [3.63, 3.8) is 0 Å². The number of hydrazine groups is 1. The Morgan fingerprint density at radius 2 is 1.45 bits per heavy atom. The van der Waals surface area contributed by atoms with Crippen molar-refractivity contribution in [2.75, 3.05) is 0 Å². The normalized spacial score (nSPS) is 10.7. The number of hydrogen-bond donors (Lipinski definition) is 2. The molecule has 0 unspecified atom stereocenters. The molecular formula is C24H20N2O3. The van der Waals surface area contributed by atoms with Crippen LogP contribution in [0.25, 0.3) is 22.1 Å². The summed E-state index contributed by atoms with van der Waals surface area (Å²) in [6, 6.07) is 25.2. The molecule has 2 amide bonds. The molecule has 5 heteroatoms. The third-order valence-corrected chi connectivity index (χ3v) is 4.79. The van der Waals surface area contributed by atoms with Gasteiger partial charge in [0.15, 0.2) is 5.76 Å². The van der Waals surface area contributed by atoms with Gasteiger partial charge in [0.2, 0.25) is 5.91 Å². The lowest BCUT2D eigenvalue weighted by molar-refractivity contribution is -0.121. The summed E-state index contributed by atoms with van der Waals surface area (Å²) in [6.45, 7) is 1.82. The first-order valence-electron chi connectivity index (χ1n) is 9.33. The minimum Gasteiger partial charge on any atom is -0.451 e. The van der Waals surface area contributed by atoms with E-state index in [1.165, 1.54) is 0 Å². The molecule has 144 valence electrons. The predicted molar refractivity (Wildman–Crippen MR) is 112 cm³/mol. The highest BCUT2D eigenvalue weighted by molar-refractivity contribution is 5.99. The lowest BCUT2D eigenvalue weighted by Crippen LogP contribution is -2.42. The summed E-state index contributed by atoms with van der Waals surface area (Å²) >= 11 is 0. The Balaban J connectivity index is 1.36. The van der Waals surface area contributed by atoms with Gasteiger partial charge in [-0.05, 0) is 29.7 Å². The van der Waals surface area contributed by atoms with Crippen molar-refractivity contribution in [2.45, 2.75) is 13.3 Å². The van der Waals surface area contributed by atoms with Crippen LogP contribution in [0.15, 0.2) is 83.3 Å². The van der Waals surface area contributed by atoms with Crippen molar-refractivity contribution in [1.29, 1.82) is 0 Å². The molecule has 3 aromatic carbocycles. The Morgan fingerprint density at radius 1 is 0.793 bits per heavy atom. The van der Waals surface area contributed by atoms with Gasteiger partial charge in [0.05, 0.1) is 6.42 Å². The molecular weight excluding hydrogens is 364 g/mol. The first-order chi connectivity index (χ1) is 14.1. The number of para-hydroxylation sites is 1. The van der Waals surface area contributed by atoms with Gasteiger partial charge in [-0.15, -0.1) is 0 Å². The molecule has 1 aromatic heterocycles. The number of furan rings is 1. The van der Waals surface area contributed by atoms with Crippen molar-refractivity contribution in [1.82, 2.24) is 10.9 Å². The van der Waals surface area contributed by atoms with Gasteiger partial charge >= 0.3 is 5.91 Å². The van der Waals surface area contributed by atoms with E-state index in [0.717, 1.165) is 27.6 Å². The number of fused-ring (bicyclic) bond motifs is 1. The van der Waals surface area contributed by atoms with Crippen molar-refractivity contribution in [3.8, 4) is 11.1 Å². The average Bonchev–Trinajstić information content (AvgIpc) is 3.10. The zero-order valence-electron chi connectivity index (χ0n) is 15.9. The highest BCUT2D eigenvalue weighted by Crippen LogP contribution is 2.24. The van der Waals surface area contributed by atoms with Gasteiger partial charge in [-0.25, -0.2) is 0 Å². The molecule has 0 saturated heterocycles. The zero-order valence-corrected chi connectivity index (χ0v) is 15.9. The molecule has 0 aliphatic carbocycles. The third kappa shape index (κ3) is 4.04. The maximum Gasteiger partial charge on any atom is 0.305 e. The monoisotopic (exact) mass is 384 g/mol. The highest BCUT2D eigenvalue weighted by Gasteiger charge is 2.17. The van der Waals surface area contributed by atoms with Crippen molar-refractivity contribution >= 4 is 22.8 Å². The summed E-state index contributed by atoms with van der Waals surface area (Å²) < 4.78 is 5.60. The number of hydrogen-bond acceptors (Lipinski definition) is 3. The van der Waals surface area contributed by atoms with Crippen LogP contribution < -0.4 is 10.9 Å². The zero-order chi connectivity index (χ0) is 20.2. The first-order valence-corrected chi connectivity index (χ1v) is 9.33. The van der Waals surface area contributed by atoms with Crippen LogP contribution in [0, 0.1) is 6.92 Å². The second-order valence-electron chi connectivity index (χ2n) is 6.79. The van der Waals surface area contributed by atoms with E-state index in [1.54, 1.807) is 6.07 Å². The van der Waals surface area contributed by atoms with E-state index in [9.17, 15) is 9.59 Å². The Bertz CT molecular complexity index is 1160. The standard InChI is InChI=1S/C24H20N2O3/c1-16-20-9-5-6-10-21(20)29-23(16)24(28)26-25-22(27)15-17-11-13-19(14-12-17)18-7-3-2-4-8-18/h2-14H,15H2,1H3,(H,25,27)(H,26,28). The van der Waals surface area contributed by atoms with E-state index in [0.29, 0.717) is 5.58 Å². The fourth-order valence-corrected chi connectivity index (χ4v) is 3.25. The van der Waals surface area contributed by atoms with Gasteiger partial charge in [0.1, 0.15) is 5.58 Å². The summed E-state index contributed by atoms with van der Waals surface area (Å²) in [5.74, 6) is -0.593. The average molecular weight is 384 g/mol. The summed E-state index contributed by atoms with van der Waals surface area (Å²) in [6.07, 6.45) is 0.161. The molecule has 0 spiro atoms. The largest absolute Gasteiger partial charge is 0.451 e. The van der Waals surface area contributed by atoms with Gasteiger partial charge in [-0.1, -0.05) is 72.8 Å². The van der Waals surface area contributed by atoms with Gasteiger partial charge in [-0.3, -0.25) is 20.4 Å². The van der Waals surface area contributed by atoms with Crippen LogP contribution in [0.4, 0.5) is 0 Å². The van der Waals surface area contributed by atoms with Crippen LogP contribution >= 0.6 is 0 Å². The number of benzene rings is 3. The minimum absolute atomic E-state index is 0.161. The van der Waals surface area contributed by atoms with Crippen LogP contribution in [-0.4, -0.2) is 11.8 Å². The third-order valence-electron chi connectivity index (χ3n) is 4.79. The predicted octanol–water partition coefficient (Wildman–Crippen LogP) is 4.41. The van der Waals surface area contributed by atoms with Gasteiger partial charge < -0.3 is 4.42 Å². The Labute approximate surface area is 168 Å². The Hall–Kier alpha value is -3.86. The van der Waals surface area contributed by atoms with Crippen molar-refractivity contribution in [3.05, 3.63) is 95.7 Å². The number of carbonyl (C=O) groups excluding carboxylic acids is 2. The van der Waals surface area contributed by atoms with Crippen LogP contribution in [0.1, 0.15) is 21.7 Å². The van der Waals surface area contributed by atoms with Crippen molar-refractivity contribution in [2.24, 2.45) is 0 Å². The molecule has 1 heterocycles. The number of amides is 2. The molecule has 2 N–H and O–H groups in total. The second-order valence-corrected chi connectivity index (χ2v) is 6.79. The quantitative estimate of drug-likeness (QED) is 0.512. The summed E-state index contributed by atoms with van der Waals surface area (Å²) in [7, 11) is 0. The number of aryl methyl sites for hydroxylation is 1. The minimum atomic E-state index is -0.480. The number of nitrogens with one attached hydrogen (secondary N) is 2. The lowest BCUT2D eigenvalue weighted by Gasteiger charge is -2.07. The van der Waals surface area contributed by atoms with Gasteiger partial charge in [0.25, 0.3) is 0 Å². The van der Waals surface area contributed by atoms with Crippen LogP contribution in [-0.2, 0) is 11.2 Å². The molecule has 29 heavy (non-hydrogen) atoms. The molecule has 0 fully saturated rings. The molecule has 4 aromatic rings. The molecule has 0 atom stereocenters.